The maximum atomic E-state index is 11.5. The third-order valence-corrected chi connectivity index (χ3v) is 2.27. The molecule has 1 amide bonds. The predicted octanol–water partition coefficient (Wildman–Crippen LogP) is -0.183. The summed E-state index contributed by atoms with van der Waals surface area (Å²) in [6.45, 7) is 6.93. The molecule has 1 N–H and O–H groups in total. The van der Waals surface area contributed by atoms with E-state index in [1.165, 1.54) is 6.82 Å². The fourth-order valence-corrected chi connectivity index (χ4v) is 1.61. The first-order chi connectivity index (χ1) is 6.99. The molecule has 82 valence electrons. The standard InChI is InChI=1S/C9H14BNO4/c1-4-15-9(13)7-5-6(2)8(12)11(7)10(3)14/h7,14H,2,4-5H2,1,3H3/t7-/m1/s1. The van der Waals surface area contributed by atoms with Crippen molar-refractivity contribution in [3.05, 3.63) is 12.2 Å². The Labute approximate surface area is 88.8 Å². The van der Waals surface area contributed by atoms with E-state index in [2.05, 4.69) is 6.58 Å². The number of hydrogen-bond acceptors (Lipinski definition) is 4. The normalized spacial score (nSPS) is 20.7. The highest BCUT2D eigenvalue weighted by atomic mass is 16.5. The van der Waals surface area contributed by atoms with Crippen molar-refractivity contribution in [1.29, 1.82) is 0 Å². The number of hydrogen-bond donors (Lipinski definition) is 1. The minimum atomic E-state index is -1.01. The Kier molecular flexibility index (Phi) is 3.52. The molecule has 1 atom stereocenters. The van der Waals surface area contributed by atoms with Crippen LogP contribution in [0.25, 0.3) is 0 Å². The minimum absolute atomic E-state index is 0.225. The zero-order valence-electron chi connectivity index (χ0n) is 8.90. The third-order valence-electron chi connectivity index (χ3n) is 2.27. The van der Waals surface area contributed by atoms with Crippen LogP contribution in [0.4, 0.5) is 0 Å². The van der Waals surface area contributed by atoms with E-state index in [4.69, 9.17) is 4.74 Å². The van der Waals surface area contributed by atoms with Gasteiger partial charge in [0.15, 0.2) is 0 Å². The molecule has 0 aliphatic carbocycles. The van der Waals surface area contributed by atoms with Crippen molar-refractivity contribution in [3.8, 4) is 0 Å². The number of amides is 1. The van der Waals surface area contributed by atoms with E-state index in [9.17, 15) is 14.6 Å². The van der Waals surface area contributed by atoms with Crippen molar-refractivity contribution in [2.75, 3.05) is 6.61 Å². The lowest BCUT2D eigenvalue weighted by atomic mass is 9.84. The zero-order valence-corrected chi connectivity index (χ0v) is 8.90. The SMILES string of the molecule is C=C1C[C@H](C(=O)OCC)N(B(C)O)C1=O. The third kappa shape index (κ3) is 2.20. The van der Waals surface area contributed by atoms with Crippen LogP contribution in [0.15, 0.2) is 12.2 Å². The molecule has 1 heterocycles. The van der Waals surface area contributed by atoms with E-state index in [1.54, 1.807) is 6.92 Å². The molecule has 1 rings (SSSR count). The highest BCUT2D eigenvalue weighted by molar-refractivity contribution is 6.50. The van der Waals surface area contributed by atoms with Gasteiger partial charge in [0, 0.05) is 12.0 Å². The molecule has 0 saturated carbocycles. The van der Waals surface area contributed by atoms with Crippen LogP contribution in [0.2, 0.25) is 6.82 Å². The fourth-order valence-electron chi connectivity index (χ4n) is 1.61. The van der Waals surface area contributed by atoms with Gasteiger partial charge in [0.05, 0.1) is 6.61 Å². The van der Waals surface area contributed by atoms with Gasteiger partial charge in [-0.15, -0.1) is 0 Å². The van der Waals surface area contributed by atoms with Crippen LogP contribution in [-0.4, -0.2) is 41.4 Å². The van der Waals surface area contributed by atoms with E-state index in [0.717, 1.165) is 4.81 Å². The molecule has 1 aliphatic heterocycles. The highest BCUT2D eigenvalue weighted by Gasteiger charge is 2.42. The van der Waals surface area contributed by atoms with Gasteiger partial charge < -0.3 is 14.6 Å². The van der Waals surface area contributed by atoms with Gasteiger partial charge in [0.25, 0.3) is 0 Å². The molecule has 0 bridgehead atoms. The Morgan fingerprint density at radius 2 is 2.40 bits per heavy atom. The molecule has 0 radical (unpaired) electrons. The van der Waals surface area contributed by atoms with Gasteiger partial charge >= 0.3 is 13.0 Å². The van der Waals surface area contributed by atoms with Crippen LogP contribution < -0.4 is 0 Å². The number of carbonyl (C=O) groups is 2. The molecule has 0 aromatic heterocycles. The van der Waals surface area contributed by atoms with Crippen LogP contribution in [0.5, 0.6) is 0 Å². The average Bonchev–Trinajstić information content (AvgIpc) is 2.44. The molecule has 0 spiro atoms. The van der Waals surface area contributed by atoms with E-state index in [0.29, 0.717) is 5.57 Å². The summed E-state index contributed by atoms with van der Waals surface area (Å²) in [7, 11) is -1.01. The van der Waals surface area contributed by atoms with E-state index < -0.39 is 19.1 Å². The van der Waals surface area contributed by atoms with Gasteiger partial charge in [-0.05, 0) is 13.7 Å². The molecule has 0 unspecified atom stereocenters. The van der Waals surface area contributed by atoms with Crippen LogP contribution >= 0.6 is 0 Å². The molecule has 6 heteroatoms. The molecular weight excluding hydrogens is 197 g/mol. The van der Waals surface area contributed by atoms with Crippen molar-refractivity contribution in [2.45, 2.75) is 26.2 Å². The number of ether oxygens (including phenoxy) is 1. The lowest BCUT2D eigenvalue weighted by Gasteiger charge is -2.23. The maximum Gasteiger partial charge on any atom is 0.412 e. The smallest absolute Gasteiger partial charge is 0.412 e. The highest BCUT2D eigenvalue weighted by Crippen LogP contribution is 2.24. The summed E-state index contributed by atoms with van der Waals surface area (Å²) in [5.41, 5.74) is 0.328. The molecule has 1 saturated heterocycles. The van der Waals surface area contributed by atoms with Crippen LogP contribution in [-0.2, 0) is 14.3 Å². The van der Waals surface area contributed by atoms with Gasteiger partial charge in [-0.1, -0.05) is 6.58 Å². The number of rotatable bonds is 3. The summed E-state index contributed by atoms with van der Waals surface area (Å²) in [4.78, 5) is 24.1. The van der Waals surface area contributed by atoms with E-state index in [1.807, 2.05) is 0 Å². The largest absolute Gasteiger partial charge is 0.464 e. The second-order valence-corrected chi connectivity index (χ2v) is 3.42. The molecule has 1 fully saturated rings. The number of carbonyl (C=O) groups excluding carboxylic acids is 2. The Balaban J connectivity index is 2.84. The Bertz CT molecular complexity index is 302. The Morgan fingerprint density at radius 1 is 1.80 bits per heavy atom. The van der Waals surface area contributed by atoms with Gasteiger partial charge in [-0.25, -0.2) is 4.79 Å². The van der Waals surface area contributed by atoms with Crippen LogP contribution in [0, 0.1) is 0 Å². The molecule has 0 aromatic rings. The lowest BCUT2D eigenvalue weighted by Crippen LogP contribution is -2.47. The van der Waals surface area contributed by atoms with Gasteiger partial charge in [-0.3, -0.25) is 4.79 Å². The first-order valence-corrected chi connectivity index (χ1v) is 4.84. The number of nitrogens with zero attached hydrogens (tertiary/aromatic N) is 1. The molecule has 0 aromatic carbocycles. The summed E-state index contributed by atoms with van der Waals surface area (Å²) >= 11 is 0. The Morgan fingerprint density at radius 3 is 2.87 bits per heavy atom. The van der Waals surface area contributed by atoms with Crippen molar-refractivity contribution in [3.63, 3.8) is 0 Å². The summed E-state index contributed by atoms with van der Waals surface area (Å²) in [5.74, 6) is -0.881. The summed E-state index contributed by atoms with van der Waals surface area (Å²) < 4.78 is 4.82. The summed E-state index contributed by atoms with van der Waals surface area (Å²) in [6.07, 6.45) is 0.225. The number of esters is 1. The van der Waals surface area contributed by atoms with Crippen molar-refractivity contribution < 1.29 is 19.3 Å². The maximum absolute atomic E-state index is 11.5. The van der Waals surface area contributed by atoms with Crippen LogP contribution in [0.3, 0.4) is 0 Å². The molecule has 1 aliphatic rings. The first kappa shape index (κ1) is 11.8. The van der Waals surface area contributed by atoms with Crippen molar-refractivity contribution >= 4 is 18.9 Å². The van der Waals surface area contributed by atoms with Crippen molar-refractivity contribution in [2.24, 2.45) is 0 Å². The Hall–Kier alpha value is -1.30. The predicted molar refractivity (Wildman–Crippen MR) is 54.9 cm³/mol. The van der Waals surface area contributed by atoms with E-state index in [-0.39, 0.29) is 18.9 Å². The van der Waals surface area contributed by atoms with Crippen molar-refractivity contribution in [1.82, 2.24) is 4.81 Å². The van der Waals surface area contributed by atoms with Crippen LogP contribution in [0.1, 0.15) is 13.3 Å². The zero-order chi connectivity index (χ0) is 11.6. The average molecular weight is 211 g/mol. The fraction of sp³-hybridized carbons (Fsp3) is 0.556. The van der Waals surface area contributed by atoms with E-state index >= 15 is 0 Å². The quantitative estimate of drug-likeness (QED) is 0.399. The summed E-state index contributed by atoms with van der Waals surface area (Å²) in [6, 6.07) is -0.732. The minimum Gasteiger partial charge on any atom is -0.464 e. The molecule has 5 nitrogen and oxygen atoms in total. The molecular formula is C9H14BNO4. The summed E-state index contributed by atoms with van der Waals surface area (Å²) in [5, 5.41) is 9.38. The second kappa shape index (κ2) is 4.48. The molecule has 15 heavy (non-hydrogen) atoms. The first-order valence-electron chi connectivity index (χ1n) is 4.84. The topological polar surface area (TPSA) is 66.8 Å². The van der Waals surface area contributed by atoms with Gasteiger partial charge in [0.1, 0.15) is 6.04 Å². The monoisotopic (exact) mass is 211 g/mol. The van der Waals surface area contributed by atoms with Gasteiger partial charge in [0.2, 0.25) is 5.91 Å². The second-order valence-electron chi connectivity index (χ2n) is 3.42. The lowest BCUT2D eigenvalue weighted by molar-refractivity contribution is -0.149. The van der Waals surface area contributed by atoms with Gasteiger partial charge in [-0.2, -0.15) is 0 Å².